The third-order valence-corrected chi connectivity index (χ3v) is 3.29. The summed E-state index contributed by atoms with van der Waals surface area (Å²) in [6.07, 6.45) is 7.87. The molecule has 1 nitrogen and oxygen atoms in total. The predicted octanol–water partition coefficient (Wildman–Crippen LogP) is 3.74. The summed E-state index contributed by atoms with van der Waals surface area (Å²) < 4.78 is 0. The molecule has 1 heteroatoms. The Kier molecular flexibility index (Phi) is 4.37. The molecule has 1 rings (SSSR count). The molecular weight excluding hydrogens is 172 g/mol. The largest absolute Gasteiger partial charge is 0.300 e. The molecule has 0 saturated carbocycles. The normalized spacial score (nSPS) is 22.3. The van der Waals surface area contributed by atoms with E-state index in [-0.39, 0.29) is 0 Å². The van der Waals surface area contributed by atoms with Gasteiger partial charge in [0.25, 0.3) is 0 Å². The van der Waals surface area contributed by atoms with E-state index in [2.05, 4.69) is 19.9 Å². The Hall–Kier alpha value is -0.590. The van der Waals surface area contributed by atoms with Gasteiger partial charge in [-0.25, -0.2) is 0 Å². The van der Waals surface area contributed by atoms with Crippen molar-refractivity contribution in [3.8, 4) is 0 Å². The van der Waals surface area contributed by atoms with Crippen LogP contribution in [0.2, 0.25) is 0 Å². The molecule has 1 aliphatic carbocycles. The summed E-state index contributed by atoms with van der Waals surface area (Å²) in [6, 6.07) is 0. The maximum atomic E-state index is 10.8. The summed E-state index contributed by atoms with van der Waals surface area (Å²) in [5.74, 6) is 1.99. The number of hydrogen-bond acceptors (Lipinski definition) is 1. The summed E-state index contributed by atoms with van der Waals surface area (Å²) in [4.78, 5) is 10.8. The van der Waals surface area contributed by atoms with Crippen LogP contribution < -0.4 is 0 Å². The molecule has 1 unspecified atom stereocenters. The standard InChI is InChI=1S/C13H22O/c1-10(2)13-8-6-12(7-9-13)5-4-11(3)14/h6,10,13H,4-5,7-9H2,1-3H3. The fourth-order valence-electron chi connectivity index (χ4n) is 2.08. The highest BCUT2D eigenvalue weighted by Crippen LogP contribution is 2.30. The number of allylic oxidation sites excluding steroid dienone is 2. The van der Waals surface area contributed by atoms with Gasteiger partial charge in [0.15, 0.2) is 0 Å². The van der Waals surface area contributed by atoms with Gasteiger partial charge in [-0.15, -0.1) is 0 Å². The molecule has 1 aliphatic rings. The molecule has 0 N–H and O–H groups in total. The second kappa shape index (κ2) is 5.33. The first-order valence-electron chi connectivity index (χ1n) is 5.77. The van der Waals surface area contributed by atoms with Crippen molar-refractivity contribution < 1.29 is 4.79 Å². The third kappa shape index (κ3) is 3.65. The molecule has 0 bridgehead atoms. The van der Waals surface area contributed by atoms with Gasteiger partial charge in [0.2, 0.25) is 0 Å². The molecule has 1 atom stereocenters. The van der Waals surface area contributed by atoms with Crippen molar-refractivity contribution in [2.24, 2.45) is 11.8 Å². The molecule has 0 heterocycles. The lowest BCUT2D eigenvalue weighted by molar-refractivity contribution is -0.116. The zero-order chi connectivity index (χ0) is 10.6. The monoisotopic (exact) mass is 194 g/mol. The summed E-state index contributed by atoms with van der Waals surface area (Å²) in [5, 5.41) is 0. The molecule has 0 spiro atoms. The minimum absolute atomic E-state index is 0.317. The SMILES string of the molecule is CC(=O)CCC1=CCC(C(C)C)CC1. The van der Waals surface area contributed by atoms with Crippen LogP contribution in [0.25, 0.3) is 0 Å². The van der Waals surface area contributed by atoms with E-state index in [1.165, 1.54) is 24.8 Å². The molecule has 14 heavy (non-hydrogen) atoms. The smallest absolute Gasteiger partial charge is 0.130 e. The molecule has 0 aromatic carbocycles. The fraction of sp³-hybridized carbons (Fsp3) is 0.769. The van der Waals surface area contributed by atoms with Gasteiger partial charge in [-0.3, -0.25) is 0 Å². The highest BCUT2D eigenvalue weighted by atomic mass is 16.1. The predicted molar refractivity (Wildman–Crippen MR) is 60.2 cm³/mol. The number of carbonyl (C=O) groups excluding carboxylic acids is 1. The number of rotatable bonds is 4. The van der Waals surface area contributed by atoms with E-state index in [1.54, 1.807) is 6.92 Å². The van der Waals surface area contributed by atoms with E-state index in [4.69, 9.17) is 0 Å². The average Bonchev–Trinajstić information content (AvgIpc) is 2.15. The van der Waals surface area contributed by atoms with Crippen molar-refractivity contribution in [3.05, 3.63) is 11.6 Å². The summed E-state index contributed by atoms with van der Waals surface area (Å²) >= 11 is 0. The highest BCUT2D eigenvalue weighted by Gasteiger charge is 2.17. The maximum absolute atomic E-state index is 10.8. The van der Waals surface area contributed by atoms with Crippen molar-refractivity contribution in [1.29, 1.82) is 0 Å². The van der Waals surface area contributed by atoms with Crippen LogP contribution in [0, 0.1) is 11.8 Å². The lowest BCUT2D eigenvalue weighted by atomic mass is 9.81. The highest BCUT2D eigenvalue weighted by molar-refractivity contribution is 5.75. The molecule has 0 aromatic heterocycles. The first-order chi connectivity index (χ1) is 6.59. The lowest BCUT2D eigenvalue weighted by Gasteiger charge is -2.24. The van der Waals surface area contributed by atoms with E-state index in [0.717, 1.165) is 24.7 Å². The van der Waals surface area contributed by atoms with Gasteiger partial charge in [0.1, 0.15) is 5.78 Å². The Morgan fingerprint density at radius 3 is 2.71 bits per heavy atom. The van der Waals surface area contributed by atoms with Crippen LogP contribution in [0.1, 0.15) is 52.9 Å². The minimum atomic E-state index is 0.317. The van der Waals surface area contributed by atoms with Crippen LogP contribution >= 0.6 is 0 Å². The second-order valence-corrected chi connectivity index (χ2v) is 4.84. The van der Waals surface area contributed by atoms with Crippen LogP contribution in [0.3, 0.4) is 0 Å². The van der Waals surface area contributed by atoms with Crippen LogP contribution in [0.15, 0.2) is 11.6 Å². The quantitative estimate of drug-likeness (QED) is 0.623. The van der Waals surface area contributed by atoms with Gasteiger partial charge in [-0.2, -0.15) is 0 Å². The third-order valence-electron chi connectivity index (χ3n) is 3.29. The van der Waals surface area contributed by atoms with Crippen molar-refractivity contribution >= 4 is 5.78 Å². The van der Waals surface area contributed by atoms with E-state index in [1.807, 2.05) is 0 Å². The zero-order valence-corrected chi connectivity index (χ0v) is 9.68. The van der Waals surface area contributed by atoms with Gasteiger partial charge in [0, 0.05) is 6.42 Å². The number of Topliss-reactive ketones (excluding diaryl/α,β-unsaturated/α-hetero) is 1. The van der Waals surface area contributed by atoms with E-state index in [9.17, 15) is 4.79 Å². The van der Waals surface area contributed by atoms with Crippen LogP contribution in [-0.2, 0) is 4.79 Å². The molecule has 0 amide bonds. The average molecular weight is 194 g/mol. The number of carbonyl (C=O) groups is 1. The molecule has 0 aromatic rings. The van der Waals surface area contributed by atoms with Gasteiger partial charge in [-0.05, 0) is 44.4 Å². The molecular formula is C13H22O. The Morgan fingerprint density at radius 2 is 2.29 bits per heavy atom. The van der Waals surface area contributed by atoms with Crippen molar-refractivity contribution in [1.82, 2.24) is 0 Å². The molecule has 0 fully saturated rings. The van der Waals surface area contributed by atoms with Gasteiger partial charge in [0.05, 0.1) is 0 Å². The Balaban J connectivity index is 2.33. The first-order valence-corrected chi connectivity index (χ1v) is 5.77. The van der Waals surface area contributed by atoms with Crippen LogP contribution in [0.4, 0.5) is 0 Å². The molecule has 80 valence electrons. The molecule has 0 saturated heterocycles. The summed E-state index contributed by atoms with van der Waals surface area (Å²) in [7, 11) is 0. The van der Waals surface area contributed by atoms with E-state index >= 15 is 0 Å². The molecule has 0 radical (unpaired) electrons. The Morgan fingerprint density at radius 1 is 1.57 bits per heavy atom. The number of hydrogen-bond donors (Lipinski definition) is 0. The second-order valence-electron chi connectivity index (χ2n) is 4.84. The van der Waals surface area contributed by atoms with E-state index in [0.29, 0.717) is 5.78 Å². The molecule has 0 aliphatic heterocycles. The minimum Gasteiger partial charge on any atom is -0.300 e. The van der Waals surface area contributed by atoms with Crippen LogP contribution in [-0.4, -0.2) is 5.78 Å². The van der Waals surface area contributed by atoms with Crippen LogP contribution in [0.5, 0.6) is 0 Å². The summed E-state index contributed by atoms with van der Waals surface area (Å²) in [6.45, 7) is 6.29. The van der Waals surface area contributed by atoms with Crippen molar-refractivity contribution in [2.75, 3.05) is 0 Å². The Bertz CT molecular complexity index is 225. The van der Waals surface area contributed by atoms with Gasteiger partial charge < -0.3 is 4.79 Å². The Labute approximate surface area is 87.6 Å². The zero-order valence-electron chi connectivity index (χ0n) is 9.68. The topological polar surface area (TPSA) is 17.1 Å². The number of ketones is 1. The summed E-state index contributed by atoms with van der Waals surface area (Å²) in [5.41, 5.74) is 1.51. The van der Waals surface area contributed by atoms with Crippen molar-refractivity contribution in [2.45, 2.75) is 52.9 Å². The van der Waals surface area contributed by atoms with Gasteiger partial charge in [-0.1, -0.05) is 25.5 Å². The lowest BCUT2D eigenvalue weighted by Crippen LogP contribution is -2.12. The van der Waals surface area contributed by atoms with Crippen molar-refractivity contribution in [3.63, 3.8) is 0 Å². The van der Waals surface area contributed by atoms with Gasteiger partial charge >= 0.3 is 0 Å². The maximum Gasteiger partial charge on any atom is 0.130 e. The fourth-order valence-corrected chi connectivity index (χ4v) is 2.08. The van der Waals surface area contributed by atoms with E-state index < -0.39 is 0 Å². The first kappa shape index (κ1) is 11.5.